The molecule has 0 bridgehead atoms. The lowest BCUT2D eigenvalue weighted by Gasteiger charge is -2.16. The molecule has 0 radical (unpaired) electrons. The van der Waals surface area contributed by atoms with E-state index in [4.69, 9.17) is 9.47 Å². The van der Waals surface area contributed by atoms with Crippen LogP contribution in [0.15, 0.2) is 17.0 Å². The fourth-order valence-corrected chi connectivity index (χ4v) is 3.86. The number of imide groups is 1. The Morgan fingerprint density at radius 2 is 2.04 bits per heavy atom. The molecule has 1 aliphatic rings. The van der Waals surface area contributed by atoms with E-state index in [1.54, 1.807) is 13.2 Å². The molecule has 0 spiro atoms. The van der Waals surface area contributed by atoms with Gasteiger partial charge in [-0.05, 0) is 78.4 Å². The summed E-state index contributed by atoms with van der Waals surface area (Å²) in [5.41, 5.74) is 0.800. The number of hydrogen-bond acceptors (Lipinski definition) is 5. The van der Waals surface area contributed by atoms with Crippen molar-refractivity contribution in [1.82, 2.24) is 4.90 Å². The molecular weight excluding hydrogens is 441 g/mol. The number of amides is 2. The summed E-state index contributed by atoms with van der Waals surface area (Å²) in [5, 5.41) is -0.213. The molecule has 1 heterocycles. The number of carbonyl (C=O) groups is 2. The SMILES string of the molecule is CCCN1C(=O)S/C(=C/c2cc(I)c(OC(C)C)c(OC)c2)C1=O. The molecule has 2 amide bonds. The monoisotopic (exact) mass is 461 g/mol. The van der Waals surface area contributed by atoms with E-state index >= 15 is 0 Å². The van der Waals surface area contributed by atoms with Crippen molar-refractivity contribution in [3.8, 4) is 11.5 Å². The van der Waals surface area contributed by atoms with Crippen LogP contribution in [0.4, 0.5) is 4.79 Å². The Labute approximate surface area is 159 Å². The van der Waals surface area contributed by atoms with Gasteiger partial charge in [-0.1, -0.05) is 6.92 Å². The minimum atomic E-state index is -0.233. The van der Waals surface area contributed by atoms with Crippen LogP contribution in [-0.4, -0.2) is 35.8 Å². The number of nitrogens with zero attached hydrogens (tertiary/aromatic N) is 1. The number of carbonyl (C=O) groups excluding carboxylic acids is 2. The van der Waals surface area contributed by atoms with Gasteiger partial charge in [0.15, 0.2) is 11.5 Å². The van der Waals surface area contributed by atoms with E-state index < -0.39 is 0 Å². The highest BCUT2D eigenvalue weighted by atomic mass is 127. The molecule has 0 saturated carbocycles. The fourth-order valence-electron chi connectivity index (χ4n) is 2.24. The molecule has 1 saturated heterocycles. The molecule has 0 N–H and O–H groups in total. The van der Waals surface area contributed by atoms with Gasteiger partial charge in [0.05, 0.1) is 21.7 Å². The lowest BCUT2D eigenvalue weighted by Crippen LogP contribution is -2.28. The maximum Gasteiger partial charge on any atom is 0.293 e. The quantitative estimate of drug-likeness (QED) is 0.460. The van der Waals surface area contributed by atoms with Crippen molar-refractivity contribution in [2.24, 2.45) is 0 Å². The Morgan fingerprint density at radius 3 is 2.62 bits per heavy atom. The molecule has 0 atom stereocenters. The van der Waals surface area contributed by atoms with Crippen LogP contribution < -0.4 is 9.47 Å². The third kappa shape index (κ3) is 4.24. The van der Waals surface area contributed by atoms with E-state index in [1.165, 1.54) is 4.90 Å². The maximum absolute atomic E-state index is 12.3. The molecule has 5 nitrogen and oxygen atoms in total. The lowest BCUT2D eigenvalue weighted by molar-refractivity contribution is -0.122. The van der Waals surface area contributed by atoms with Gasteiger partial charge in [0.1, 0.15) is 0 Å². The van der Waals surface area contributed by atoms with Crippen molar-refractivity contribution in [1.29, 1.82) is 0 Å². The molecular formula is C17H20INO4S. The number of halogens is 1. The predicted octanol–water partition coefficient (Wildman–Crippen LogP) is 4.53. The summed E-state index contributed by atoms with van der Waals surface area (Å²) in [6.45, 7) is 6.29. The lowest BCUT2D eigenvalue weighted by atomic mass is 10.1. The molecule has 1 aliphatic heterocycles. The highest BCUT2D eigenvalue weighted by Gasteiger charge is 2.34. The number of methoxy groups -OCH3 is 1. The molecule has 1 fully saturated rings. The summed E-state index contributed by atoms with van der Waals surface area (Å²) in [6.07, 6.45) is 2.51. The van der Waals surface area contributed by atoms with Gasteiger partial charge in [-0.2, -0.15) is 0 Å². The molecule has 2 rings (SSSR count). The van der Waals surface area contributed by atoms with Gasteiger partial charge in [-0.3, -0.25) is 14.5 Å². The van der Waals surface area contributed by atoms with Crippen LogP contribution in [0.5, 0.6) is 11.5 Å². The molecule has 130 valence electrons. The summed E-state index contributed by atoms with van der Waals surface area (Å²) < 4.78 is 12.1. The van der Waals surface area contributed by atoms with Crippen molar-refractivity contribution >= 4 is 51.6 Å². The van der Waals surface area contributed by atoms with Crippen LogP contribution in [0.2, 0.25) is 0 Å². The minimum Gasteiger partial charge on any atom is -0.493 e. The van der Waals surface area contributed by atoms with E-state index in [0.717, 1.165) is 27.3 Å². The summed E-state index contributed by atoms with van der Waals surface area (Å²) in [7, 11) is 1.58. The Kier molecular flexibility index (Phi) is 6.56. The number of benzene rings is 1. The highest BCUT2D eigenvalue weighted by molar-refractivity contribution is 14.1. The summed E-state index contributed by atoms with van der Waals surface area (Å²) >= 11 is 3.15. The van der Waals surface area contributed by atoms with Crippen LogP contribution >= 0.6 is 34.4 Å². The number of thioether (sulfide) groups is 1. The predicted molar refractivity (Wildman–Crippen MR) is 104 cm³/mol. The Bertz CT molecular complexity index is 687. The van der Waals surface area contributed by atoms with Crippen molar-refractivity contribution in [3.05, 3.63) is 26.2 Å². The van der Waals surface area contributed by atoms with E-state index in [-0.39, 0.29) is 17.3 Å². The second-order valence-electron chi connectivity index (χ2n) is 5.53. The van der Waals surface area contributed by atoms with E-state index in [9.17, 15) is 9.59 Å². The van der Waals surface area contributed by atoms with Crippen LogP contribution in [0.3, 0.4) is 0 Å². The first-order valence-electron chi connectivity index (χ1n) is 7.66. The van der Waals surface area contributed by atoms with Gasteiger partial charge in [-0.25, -0.2) is 0 Å². The maximum atomic E-state index is 12.3. The number of rotatable bonds is 6. The third-order valence-corrected chi connectivity index (χ3v) is 4.93. The van der Waals surface area contributed by atoms with Gasteiger partial charge >= 0.3 is 0 Å². The zero-order valence-corrected chi connectivity index (χ0v) is 17.1. The Balaban J connectivity index is 2.35. The molecule has 0 aromatic heterocycles. The number of hydrogen-bond donors (Lipinski definition) is 0. The zero-order chi connectivity index (χ0) is 17.9. The second kappa shape index (κ2) is 8.24. The van der Waals surface area contributed by atoms with Crippen molar-refractivity contribution in [3.63, 3.8) is 0 Å². The average Bonchev–Trinajstić information content (AvgIpc) is 2.77. The van der Waals surface area contributed by atoms with E-state index in [2.05, 4.69) is 22.6 Å². The van der Waals surface area contributed by atoms with Crippen molar-refractivity contribution in [2.45, 2.75) is 33.3 Å². The molecule has 1 aromatic rings. The zero-order valence-electron chi connectivity index (χ0n) is 14.1. The Hall–Kier alpha value is -1.22. The largest absolute Gasteiger partial charge is 0.493 e. The standard InChI is InChI=1S/C17H20INO4S/c1-5-6-19-16(20)14(24-17(19)21)9-11-7-12(18)15(23-10(2)3)13(8-11)22-4/h7-10H,5-6H2,1-4H3/b14-9+. The third-order valence-electron chi connectivity index (χ3n) is 3.22. The van der Waals surface area contributed by atoms with Crippen LogP contribution in [-0.2, 0) is 4.79 Å². The fraction of sp³-hybridized carbons (Fsp3) is 0.412. The number of ether oxygens (including phenoxy) is 2. The summed E-state index contributed by atoms with van der Waals surface area (Å²) in [4.78, 5) is 26.0. The summed E-state index contributed by atoms with van der Waals surface area (Å²) in [5.74, 6) is 1.06. The molecule has 0 aliphatic carbocycles. The summed E-state index contributed by atoms with van der Waals surface area (Å²) in [6, 6.07) is 3.72. The molecule has 24 heavy (non-hydrogen) atoms. The Morgan fingerprint density at radius 1 is 1.33 bits per heavy atom. The smallest absolute Gasteiger partial charge is 0.293 e. The molecule has 1 aromatic carbocycles. The normalized spacial score (nSPS) is 16.4. The minimum absolute atomic E-state index is 0.0313. The highest BCUT2D eigenvalue weighted by Crippen LogP contribution is 2.37. The van der Waals surface area contributed by atoms with Crippen LogP contribution in [0, 0.1) is 3.57 Å². The van der Waals surface area contributed by atoms with Gasteiger partial charge in [0.2, 0.25) is 0 Å². The van der Waals surface area contributed by atoms with Crippen molar-refractivity contribution < 1.29 is 19.1 Å². The topological polar surface area (TPSA) is 55.8 Å². The first kappa shape index (κ1) is 19.1. The van der Waals surface area contributed by atoms with Crippen molar-refractivity contribution in [2.75, 3.05) is 13.7 Å². The van der Waals surface area contributed by atoms with Crippen LogP contribution in [0.25, 0.3) is 6.08 Å². The van der Waals surface area contributed by atoms with E-state index in [1.807, 2.05) is 32.9 Å². The van der Waals surface area contributed by atoms with E-state index in [0.29, 0.717) is 22.9 Å². The van der Waals surface area contributed by atoms with Gasteiger partial charge in [0, 0.05) is 6.54 Å². The first-order valence-corrected chi connectivity index (χ1v) is 9.56. The average molecular weight is 461 g/mol. The van der Waals surface area contributed by atoms with Gasteiger partial charge in [0.25, 0.3) is 11.1 Å². The second-order valence-corrected chi connectivity index (χ2v) is 7.69. The first-order chi connectivity index (χ1) is 11.4. The van der Waals surface area contributed by atoms with Gasteiger partial charge in [-0.15, -0.1) is 0 Å². The molecule has 7 heteroatoms. The van der Waals surface area contributed by atoms with Crippen LogP contribution in [0.1, 0.15) is 32.8 Å². The molecule has 0 unspecified atom stereocenters. The van der Waals surface area contributed by atoms with Gasteiger partial charge < -0.3 is 9.47 Å².